The zero-order valence-corrected chi connectivity index (χ0v) is 13.3. The number of aromatic nitrogens is 1. The topological polar surface area (TPSA) is 34.1 Å². The molecule has 112 valence electrons. The van der Waals surface area contributed by atoms with Crippen molar-refractivity contribution in [3.63, 3.8) is 0 Å². The second kappa shape index (κ2) is 6.57. The Morgan fingerprint density at radius 2 is 2.20 bits per heavy atom. The molecule has 0 aromatic carbocycles. The maximum atomic E-state index is 5.59. The molecule has 0 radical (unpaired) electrons. The Labute approximate surface area is 123 Å². The Hall–Kier alpha value is -1.09. The van der Waals surface area contributed by atoms with Crippen molar-refractivity contribution in [1.29, 1.82) is 0 Å². The highest BCUT2D eigenvalue weighted by atomic mass is 16.5. The van der Waals surface area contributed by atoms with Gasteiger partial charge in [0.05, 0.1) is 12.8 Å². The van der Waals surface area contributed by atoms with Crippen LogP contribution >= 0.6 is 0 Å². The van der Waals surface area contributed by atoms with E-state index in [4.69, 9.17) is 4.74 Å². The Morgan fingerprint density at radius 3 is 2.85 bits per heavy atom. The van der Waals surface area contributed by atoms with E-state index in [2.05, 4.69) is 37.3 Å². The van der Waals surface area contributed by atoms with Gasteiger partial charge in [0, 0.05) is 12.2 Å². The first kappa shape index (κ1) is 15.3. The third kappa shape index (κ3) is 3.32. The van der Waals surface area contributed by atoms with Gasteiger partial charge in [-0.1, -0.05) is 26.7 Å². The lowest BCUT2D eigenvalue weighted by molar-refractivity contribution is 0.101. The third-order valence-corrected chi connectivity index (χ3v) is 4.71. The average Bonchev–Trinajstić information content (AvgIpc) is 2.42. The molecule has 1 aromatic heterocycles. The summed E-state index contributed by atoms with van der Waals surface area (Å²) < 4.78 is 5.59. The minimum absolute atomic E-state index is 0.359. The van der Waals surface area contributed by atoms with Crippen molar-refractivity contribution in [1.82, 2.24) is 10.3 Å². The lowest BCUT2D eigenvalue weighted by Crippen LogP contribution is -2.37. The monoisotopic (exact) mass is 276 g/mol. The molecular formula is C17H28N2O. The highest BCUT2D eigenvalue weighted by molar-refractivity contribution is 5.27. The smallest absolute Gasteiger partial charge is 0.137 e. The van der Waals surface area contributed by atoms with Crippen LogP contribution in [0.1, 0.15) is 58.1 Å². The largest absolute Gasteiger partial charge is 0.492 e. The van der Waals surface area contributed by atoms with Crippen LogP contribution in [0.15, 0.2) is 18.5 Å². The van der Waals surface area contributed by atoms with E-state index < -0.39 is 0 Å². The lowest BCUT2D eigenvalue weighted by atomic mass is 9.65. The number of hydrogen-bond donors (Lipinski definition) is 1. The number of ether oxygens (including phenoxy) is 1. The zero-order chi connectivity index (χ0) is 14.6. The van der Waals surface area contributed by atoms with Crippen molar-refractivity contribution in [3.8, 4) is 5.75 Å². The minimum atomic E-state index is 0.359. The van der Waals surface area contributed by atoms with Gasteiger partial charge in [-0.25, -0.2) is 0 Å². The Kier molecular flexibility index (Phi) is 5.03. The van der Waals surface area contributed by atoms with Crippen LogP contribution in [-0.2, 0) is 0 Å². The average molecular weight is 276 g/mol. The van der Waals surface area contributed by atoms with Gasteiger partial charge in [-0.3, -0.25) is 4.98 Å². The van der Waals surface area contributed by atoms with Gasteiger partial charge in [-0.05, 0) is 49.8 Å². The summed E-state index contributed by atoms with van der Waals surface area (Å²) in [4.78, 5) is 4.35. The predicted molar refractivity (Wildman–Crippen MR) is 82.9 cm³/mol. The van der Waals surface area contributed by atoms with Crippen molar-refractivity contribution in [2.75, 3.05) is 13.7 Å². The maximum absolute atomic E-state index is 5.59. The van der Waals surface area contributed by atoms with E-state index in [0.717, 1.165) is 5.75 Å². The van der Waals surface area contributed by atoms with Crippen LogP contribution in [0, 0.1) is 11.3 Å². The number of pyridine rings is 1. The quantitative estimate of drug-likeness (QED) is 0.884. The Morgan fingerprint density at radius 1 is 1.40 bits per heavy atom. The van der Waals surface area contributed by atoms with Crippen LogP contribution in [0.25, 0.3) is 0 Å². The molecule has 3 nitrogen and oxygen atoms in total. The molecule has 20 heavy (non-hydrogen) atoms. The first-order valence-electron chi connectivity index (χ1n) is 7.83. The van der Waals surface area contributed by atoms with Crippen LogP contribution < -0.4 is 10.1 Å². The van der Waals surface area contributed by atoms with E-state index >= 15 is 0 Å². The highest BCUT2D eigenvalue weighted by Gasteiger charge is 2.37. The molecular weight excluding hydrogens is 248 g/mol. The van der Waals surface area contributed by atoms with E-state index in [-0.39, 0.29) is 0 Å². The van der Waals surface area contributed by atoms with Gasteiger partial charge in [0.15, 0.2) is 0 Å². The van der Waals surface area contributed by atoms with Crippen LogP contribution in [0.4, 0.5) is 0 Å². The molecule has 0 spiro atoms. The fourth-order valence-corrected chi connectivity index (χ4v) is 3.59. The van der Waals surface area contributed by atoms with Crippen molar-refractivity contribution in [2.45, 2.75) is 52.5 Å². The second-order valence-corrected chi connectivity index (χ2v) is 6.49. The number of rotatable bonds is 5. The van der Waals surface area contributed by atoms with Crippen molar-refractivity contribution >= 4 is 0 Å². The lowest BCUT2D eigenvalue weighted by Gasteiger charge is -2.43. The summed E-state index contributed by atoms with van der Waals surface area (Å²) in [5.74, 6) is 1.53. The van der Waals surface area contributed by atoms with Crippen molar-refractivity contribution in [3.05, 3.63) is 24.0 Å². The predicted octanol–water partition coefficient (Wildman–Crippen LogP) is 3.96. The van der Waals surface area contributed by atoms with Crippen LogP contribution in [0.5, 0.6) is 5.75 Å². The number of hydrogen-bond acceptors (Lipinski definition) is 3. The summed E-state index contributed by atoms with van der Waals surface area (Å²) in [7, 11) is 2.06. The fourth-order valence-electron chi connectivity index (χ4n) is 3.59. The van der Waals surface area contributed by atoms with Crippen LogP contribution in [-0.4, -0.2) is 18.6 Å². The first-order valence-corrected chi connectivity index (χ1v) is 7.83. The van der Waals surface area contributed by atoms with Crippen molar-refractivity contribution < 1.29 is 4.74 Å². The molecule has 2 rings (SSSR count). The molecule has 1 fully saturated rings. The number of nitrogens with zero attached hydrogens (tertiary/aromatic N) is 1. The molecule has 3 heteroatoms. The Balaban J connectivity index is 2.24. The normalized spacial score (nSPS) is 23.3. The van der Waals surface area contributed by atoms with Gasteiger partial charge in [0.1, 0.15) is 5.75 Å². The van der Waals surface area contributed by atoms with Gasteiger partial charge in [-0.15, -0.1) is 0 Å². The SMILES string of the molecule is CCOc1cncc(C(NC)C2CCCCC2(C)C)c1. The van der Waals surface area contributed by atoms with Crippen LogP contribution in [0.2, 0.25) is 0 Å². The molecule has 1 aromatic rings. The fraction of sp³-hybridized carbons (Fsp3) is 0.706. The molecule has 1 N–H and O–H groups in total. The summed E-state index contributed by atoms with van der Waals surface area (Å²) in [6.45, 7) is 7.50. The second-order valence-electron chi connectivity index (χ2n) is 6.49. The third-order valence-electron chi connectivity index (χ3n) is 4.71. The molecule has 1 aliphatic rings. The maximum Gasteiger partial charge on any atom is 0.137 e. The van der Waals surface area contributed by atoms with Gasteiger partial charge >= 0.3 is 0 Å². The molecule has 0 bridgehead atoms. The first-order chi connectivity index (χ1) is 9.58. The van der Waals surface area contributed by atoms with Crippen molar-refractivity contribution in [2.24, 2.45) is 11.3 Å². The van der Waals surface area contributed by atoms with Gasteiger partial charge in [-0.2, -0.15) is 0 Å². The molecule has 1 heterocycles. The summed E-state index contributed by atoms with van der Waals surface area (Å²) in [6.07, 6.45) is 9.08. The number of nitrogens with one attached hydrogen (secondary N) is 1. The van der Waals surface area contributed by atoms with Gasteiger partial charge in [0.2, 0.25) is 0 Å². The van der Waals surface area contributed by atoms with E-state index in [1.54, 1.807) is 6.20 Å². The molecule has 0 amide bonds. The molecule has 2 unspecified atom stereocenters. The molecule has 1 aliphatic carbocycles. The van der Waals surface area contributed by atoms with Gasteiger partial charge in [0.25, 0.3) is 0 Å². The molecule has 0 saturated heterocycles. The summed E-state index contributed by atoms with van der Waals surface area (Å²) in [5.41, 5.74) is 1.63. The summed E-state index contributed by atoms with van der Waals surface area (Å²) in [6, 6.07) is 2.50. The van der Waals surface area contributed by atoms with E-state index in [1.807, 2.05) is 13.1 Å². The zero-order valence-electron chi connectivity index (χ0n) is 13.3. The standard InChI is InChI=1S/C17H28N2O/c1-5-20-14-10-13(11-19-12-14)16(18-4)15-8-6-7-9-17(15,2)3/h10-12,15-16,18H,5-9H2,1-4H3. The molecule has 1 saturated carbocycles. The molecule has 0 aliphatic heterocycles. The van der Waals surface area contributed by atoms with E-state index in [1.165, 1.54) is 31.2 Å². The van der Waals surface area contributed by atoms with E-state index in [9.17, 15) is 0 Å². The van der Waals surface area contributed by atoms with Gasteiger partial charge < -0.3 is 10.1 Å². The summed E-state index contributed by atoms with van der Waals surface area (Å²) in [5, 5.41) is 3.52. The van der Waals surface area contributed by atoms with Crippen LogP contribution in [0.3, 0.4) is 0 Å². The highest BCUT2D eigenvalue weighted by Crippen LogP contribution is 2.46. The minimum Gasteiger partial charge on any atom is -0.492 e. The molecule has 2 atom stereocenters. The summed E-state index contributed by atoms with van der Waals surface area (Å²) >= 11 is 0. The Bertz CT molecular complexity index is 431. The van der Waals surface area contributed by atoms with E-state index in [0.29, 0.717) is 24.0 Å².